The van der Waals surface area contributed by atoms with Gasteiger partial charge in [0.1, 0.15) is 5.60 Å². The molecule has 1 aromatic carbocycles. The smallest absolute Gasteiger partial charge is 0.410 e. The quantitative estimate of drug-likeness (QED) is 0.726. The Morgan fingerprint density at radius 3 is 2.67 bits per heavy atom. The van der Waals surface area contributed by atoms with Crippen LogP contribution >= 0.6 is 0 Å². The summed E-state index contributed by atoms with van der Waals surface area (Å²) in [4.78, 5) is 18.9. The number of ether oxygens (including phenoxy) is 1. The van der Waals surface area contributed by atoms with Gasteiger partial charge < -0.3 is 9.64 Å². The molecule has 8 heteroatoms. The number of aryl methyl sites for hydroxylation is 1. The minimum absolute atomic E-state index is 0.111. The fraction of sp³-hybridized carbons (Fsp3) is 0.545. The van der Waals surface area contributed by atoms with Crippen molar-refractivity contribution in [3.8, 4) is 0 Å². The van der Waals surface area contributed by atoms with Crippen LogP contribution in [0.15, 0.2) is 35.5 Å². The Labute approximate surface area is 178 Å². The van der Waals surface area contributed by atoms with Crippen LogP contribution in [0.3, 0.4) is 0 Å². The van der Waals surface area contributed by atoms with Crippen molar-refractivity contribution >= 4 is 26.9 Å². The number of hydrogen-bond donors (Lipinski definition) is 0. The van der Waals surface area contributed by atoms with Crippen LogP contribution in [0.2, 0.25) is 0 Å². The van der Waals surface area contributed by atoms with E-state index in [4.69, 9.17) is 4.74 Å². The number of aromatic nitrogens is 1. The maximum Gasteiger partial charge on any atom is 0.410 e. The molecule has 2 aliphatic rings. The summed E-state index contributed by atoms with van der Waals surface area (Å²) in [6, 6.07) is 4.79. The molecule has 0 saturated carbocycles. The molecule has 1 amide bonds. The zero-order valence-corrected chi connectivity index (χ0v) is 18.9. The average molecular weight is 432 g/mol. The molecule has 2 aliphatic heterocycles. The summed E-state index contributed by atoms with van der Waals surface area (Å²) in [7, 11) is -3.74. The van der Waals surface area contributed by atoms with Gasteiger partial charge in [0.2, 0.25) is 10.0 Å². The van der Waals surface area contributed by atoms with Gasteiger partial charge in [-0.1, -0.05) is 12.1 Å². The predicted molar refractivity (Wildman–Crippen MR) is 115 cm³/mol. The number of sulfonamides is 1. The number of rotatable bonds is 2. The lowest BCUT2D eigenvalue weighted by atomic mass is 10.0. The van der Waals surface area contributed by atoms with E-state index >= 15 is 0 Å². The van der Waals surface area contributed by atoms with Gasteiger partial charge in [-0.2, -0.15) is 4.31 Å². The minimum Gasteiger partial charge on any atom is -0.444 e. The Bertz CT molecular complexity index is 1090. The Hall–Kier alpha value is -2.19. The Balaban J connectivity index is 1.68. The molecule has 0 aliphatic carbocycles. The Morgan fingerprint density at radius 1 is 1.23 bits per heavy atom. The van der Waals surface area contributed by atoms with Gasteiger partial charge in [-0.15, -0.1) is 0 Å². The fourth-order valence-electron chi connectivity index (χ4n) is 4.86. The second-order valence-corrected chi connectivity index (χ2v) is 11.2. The molecule has 1 aromatic heterocycles. The van der Waals surface area contributed by atoms with Crippen molar-refractivity contribution in [3.63, 3.8) is 0 Å². The van der Waals surface area contributed by atoms with E-state index in [1.807, 2.05) is 40.7 Å². The normalized spacial score (nSPS) is 25.0. The van der Waals surface area contributed by atoms with Gasteiger partial charge in [0.15, 0.2) is 0 Å². The number of carbonyl (C=O) groups is 1. The van der Waals surface area contributed by atoms with Crippen LogP contribution in [0, 0.1) is 12.8 Å². The first-order chi connectivity index (χ1) is 14.0. The lowest BCUT2D eigenvalue weighted by Crippen LogP contribution is -2.47. The Kier molecular flexibility index (Phi) is 5.05. The molecule has 3 unspecified atom stereocenters. The summed E-state index contributed by atoms with van der Waals surface area (Å²) in [5.41, 5.74) is 0.242. The molecule has 162 valence electrons. The summed E-state index contributed by atoms with van der Waals surface area (Å²) in [5.74, 6) is 0.111. The van der Waals surface area contributed by atoms with Crippen molar-refractivity contribution in [2.75, 3.05) is 13.1 Å². The van der Waals surface area contributed by atoms with Gasteiger partial charge >= 0.3 is 6.09 Å². The van der Waals surface area contributed by atoms with Crippen LogP contribution < -0.4 is 0 Å². The summed E-state index contributed by atoms with van der Waals surface area (Å²) in [6.45, 7) is 10.3. The molecule has 0 bridgehead atoms. The maximum atomic E-state index is 13.7. The van der Waals surface area contributed by atoms with Crippen molar-refractivity contribution in [3.05, 3.63) is 36.2 Å². The third-order valence-electron chi connectivity index (χ3n) is 6.10. The number of pyridine rings is 1. The van der Waals surface area contributed by atoms with E-state index in [0.717, 1.165) is 17.4 Å². The van der Waals surface area contributed by atoms with E-state index in [2.05, 4.69) is 4.98 Å². The Morgan fingerprint density at radius 2 is 1.97 bits per heavy atom. The number of benzene rings is 1. The van der Waals surface area contributed by atoms with Crippen LogP contribution in [0.4, 0.5) is 4.79 Å². The predicted octanol–water partition coefficient (Wildman–Crippen LogP) is 3.56. The number of amides is 1. The average Bonchev–Trinajstić information content (AvgIpc) is 3.21. The molecule has 0 radical (unpaired) electrons. The van der Waals surface area contributed by atoms with Crippen LogP contribution in [0.5, 0.6) is 0 Å². The van der Waals surface area contributed by atoms with E-state index in [9.17, 15) is 13.2 Å². The van der Waals surface area contributed by atoms with E-state index in [1.165, 1.54) is 0 Å². The van der Waals surface area contributed by atoms with Gasteiger partial charge in [0.05, 0.1) is 10.9 Å². The standard InChI is InChI=1S/C22H29N3O4S/c1-14-11-23-12-16-7-6-8-18(19(14)16)30(27,28)25-13-17-9-10-24(20(17)15(25)2)21(26)29-22(3,4)5/h6-8,11-12,15,17,20H,9-10,13H2,1-5H3. The summed E-state index contributed by atoms with van der Waals surface area (Å²) < 4.78 is 34.6. The van der Waals surface area contributed by atoms with Crippen molar-refractivity contribution in [1.29, 1.82) is 0 Å². The van der Waals surface area contributed by atoms with Gasteiger partial charge in [0.25, 0.3) is 0 Å². The van der Waals surface area contributed by atoms with E-state index in [0.29, 0.717) is 23.4 Å². The molecule has 2 aromatic rings. The second-order valence-electron chi connectivity index (χ2n) is 9.34. The minimum atomic E-state index is -3.74. The number of fused-ring (bicyclic) bond motifs is 2. The van der Waals surface area contributed by atoms with Crippen molar-refractivity contribution in [2.45, 2.75) is 63.6 Å². The molecular formula is C22H29N3O4S. The molecule has 0 spiro atoms. The number of carbonyl (C=O) groups excluding carboxylic acids is 1. The first-order valence-corrected chi connectivity index (χ1v) is 11.8. The molecule has 0 N–H and O–H groups in total. The molecule has 30 heavy (non-hydrogen) atoms. The van der Waals surface area contributed by atoms with Gasteiger partial charge in [0, 0.05) is 42.3 Å². The van der Waals surface area contributed by atoms with Crippen molar-refractivity contribution in [1.82, 2.24) is 14.2 Å². The SMILES string of the molecule is Cc1cncc2cccc(S(=O)(=O)N3CC4CCN(C(=O)OC(C)(C)C)C4C3C)c12. The topological polar surface area (TPSA) is 79.8 Å². The van der Waals surface area contributed by atoms with E-state index in [1.54, 1.807) is 33.7 Å². The van der Waals surface area contributed by atoms with Crippen molar-refractivity contribution in [2.24, 2.45) is 5.92 Å². The van der Waals surface area contributed by atoms with Gasteiger partial charge in [-0.25, -0.2) is 13.2 Å². The van der Waals surface area contributed by atoms with Crippen molar-refractivity contribution < 1.29 is 17.9 Å². The first-order valence-electron chi connectivity index (χ1n) is 10.4. The summed E-state index contributed by atoms with van der Waals surface area (Å²) >= 11 is 0. The number of nitrogens with zero attached hydrogens (tertiary/aromatic N) is 3. The highest BCUT2D eigenvalue weighted by atomic mass is 32.2. The monoisotopic (exact) mass is 431 g/mol. The highest BCUT2D eigenvalue weighted by Crippen LogP contribution is 2.40. The molecule has 3 atom stereocenters. The third-order valence-corrected chi connectivity index (χ3v) is 8.09. The lowest BCUT2D eigenvalue weighted by Gasteiger charge is -2.32. The fourth-order valence-corrected chi connectivity index (χ4v) is 6.85. The molecular weight excluding hydrogens is 402 g/mol. The summed E-state index contributed by atoms with van der Waals surface area (Å²) in [5, 5.41) is 1.51. The van der Waals surface area contributed by atoms with Crippen LogP contribution in [-0.2, 0) is 14.8 Å². The molecule has 2 fully saturated rings. The van der Waals surface area contributed by atoms with Crippen LogP contribution in [0.1, 0.15) is 39.7 Å². The van der Waals surface area contributed by atoms with Gasteiger partial charge in [-0.05, 0) is 58.6 Å². The molecule has 7 nitrogen and oxygen atoms in total. The molecule has 4 rings (SSSR count). The van der Waals surface area contributed by atoms with Crippen LogP contribution in [0.25, 0.3) is 10.8 Å². The third kappa shape index (κ3) is 3.46. The zero-order chi connectivity index (χ0) is 21.8. The maximum absolute atomic E-state index is 13.7. The highest BCUT2D eigenvalue weighted by molar-refractivity contribution is 7.89. The van der Waals surface area contributed by atoms with E-state index < -0.39 is 15.6 Å². The van der Waals surface area contributed by atoms with Gasteiger partial charge in [-0.3, -0.25) is 4.98 Å². The number of hydrogen-bond acceptors (Lipinski definition) is 5. The molecule has 2 saturated heterocycles. The largest absolute Gasteiger partial charge is 0.444 e. The lowest BCUT2D eigenvalue weighted by molar-refractivity contribution is 0.0196. The zero-order valence-electron chi connectivity index (χ0n) is 18.1. The summed E-state index contributed by atoms with van der Waals surface area (Å²) in [6.07, 6.45) is 3.79. The highest BCUT2D eigenvalue weighted by Gasteiger charge is 2.52. The van der Waals surface area contributed by atoms with E-state index in [-0.39, 0.29) is 24.1 Å². The molecule has 3 heterocycles. The number of likely N-dealkylation sites (tertiary alicyclic amines) is 1. The van der Waals surface area contributed by atoms with Crippen LogP contribution in [-0.4, -0.2) is 59.5 Å². The first kappa shape index (κ1) is 21.1. The second kappa shape index (κ2) is 7.20.